The molecule has 4 heterocycles. The van der Waals surface area contributed by atoms with E-state index in [0.717, 1.165) is 30.9 Å². The van der Waals surface area contributed by atoms with Crippen molar-refractivity contribution < 1.29 is 23.4 Å². The molecule has 3 aromatic heterocycles. The monoisotopic (exact) mass is 466 g/mol. The number of nitrogens with two attached hydrogens (primary N) is 1. The van der Waals surface area contributed by atoms with Gasteiger partial charge < -0.3 is 30.8 Å². The molecule has 9 nitrogen and oxygen atoms in total. The van der Waals surface area contributed by atoms with E-state index in [1.165, 1.54) is 12.3 Å². The second-order valence-corrected chi connectivity index (χ2v) is 7.76. The van der Waals surface area contributed by atoms with Gasteiger partial charge in [0.25, 0.3) is 0 Å². The molecule has 1 saturated heterocycles. The number of carbonyl (C=O) groups excluding carboxylic acids is 1. The van der Waals surface area contributed by atoms with Crippen LogP contribution in [0.2, 0.25) is 0 Å². The Morgan fingerprint density at radius 3 is 2.56 bits per heavy atom. The molecule has 0 radical (unpaired) electrons. The predicted octanol–water partition coefficient (Wildman–Crippen LogP) is 3.29. The molecule has 0 aliphatic carbocycles. The molecule has 1 fully saturated rings. The topological polar surface area (TPSA) is 129 Å². The van der Waals surface area contributed by atoms with Crippen LogP contribution in [-0.2, 0) is 4.74 Å². The second kappa shape index (κ2) is 8.60. The van der Waals surface area contributed by atoms with Crippen molar-refractivity contribution in [2.24, 2.45) is 5.73 Å². The Kier molecular flexibility index (Phi) is 5.46. The summed E-state index contributed by atoms with van der Waals surface area (Å²) in [6, 6.07) is 6.79. The quantitative estimate of drug-likeness (QED) is 0.355. The van der Waals surface area contributed by atoms with Gasteiger partial charge in [0.2, 0.25) is 5.91 Å². The van der Waals surface area contributed by atoms with Crippen molar-refractivity contribution in [3.05, 3.63) is 59.9 Å². The average Bonchev–Trinajstić information content (AvgIpc) is 3.20. The summed E-state index contributed by atoms with van der Waals surface area (Å²) in [5.41, 5.74) is 5.94. The van der Waals surface area contributed by atoms with E-state index >= 15 is 0 Å². The minimum atomic E-state index is -0.987. The molecule has 0 saturated carbocycles. The highest BCUT2D eigenvalue weighted by Gasteiger charge is 2.20. The van der Waals surface area contributed by atoms with Gasteiger partial charge in [-0.05, 0) is 30.3 Å². The molecule has 0 spiro atoms. The lowest BCUT2D eigenvalue weighted by Crippen LogP contribution is -2.36. The van der Waals surface area contributed by atoms with Crippen LogP contribution in [0.5, 0.6) is 5.88 Å². The minimum Gasteiger partial charge on any atom is -0.494 e. The van der Waals surface area contributed by atoms with Crippen molar-refractivity contribution >= 4 is 34.0 Å². The van der Waals surface area contributed by atoms with Gasteiger partial charge in [0, 0.05) is 24.8 Å². The van der Waals surface area contributed by atoms with Gasteiger partial charge in [0.15, 0.2) is 5.88 Å². The predicted molar refractivity (Wildman–Crippen MR) is 122 cm³/mol. The summed E-state index contributed by atoms with van der Waals surface area (Å²) in [5.74, 6) is -2.62. The fourth-order valence-corrected chi connectivity index (χ4v) is 3.92. The van der Waals surface area contributed by atoms with E-state index in [2.05, 4.69) is 25.2 Å². The first-order valence-electron chi connectivity index (χ1n) is 10.5. The number of aromatic nitrogens is 3. The van der Waals surface area contributed by atoms with Crippen molar-refractivity contribution in [3.8, 4) is 17.1 Å². The molecule has 1 amide bonds. The van der Waals surface area contributed by atoms with Crippen molar-refractivity contribution in [3.63, 3.8) is 0 Å². The standard InChI is InChI=1S/C23H20F2N6O3/c24-14-7-12(22(26)32)8-15(25)20(14)16-9-17(21-18(29-16)11-28-23(21)33)30-19-2-1-13(10-27-19)31-3-5-34-6-4-31/h1-2,7-11,28,33H,3-6H2,(H2,26,32)(H,27,30). The van der Waals surface area contributed by atoms with Crippen LogP contribution >= 0.6 is 0 Å². The number of rotatable bonds is 5. The number of hydrogen-bond acceptors (Lipinski definition) is 7. The number of ether oxygens (including phenoxy) is 1. The SMILES string of the molecule is NC(=O)c1cc(F)c(-c2cc(Nc3ccc(N4CCOCC4)cn3)c3c(O)[nH]cc3n2)c(F)c1. The maximum Gasteiger partial charge on any atom is 0.248 e. The number of carbonyl (C=O) groups is 1. The second-order valence-electron chi connectivity index (χ2n) is 7.76. The number of fused-ring (bicyclic) bond motifs is 1. The minimum absolute atomic E-state index is 0.0371. The number of nitrogens with one attached hydrogen (secondary N) is 2. The molecule has 0 atom stereocenters. The van der Waals surface area contributed by atoms with E-state index < -0.39 is 23.1 Å². The molecule has 1 aromatic carbocycles. The summed E-state index contributed by atoms with van der Waals surface area (Å²) in [7, 11) is 0. The van der Waals surface area contributed by atoms with Crippen LogP contribution in [0.25, 0.3) is 22.2 Å². The molecule has 5 rings (SSSR count). The Bertz CT molecular complexity index is 1360. The van der Waals surface area contributed by atoms with Gasteiger partial charge in [-0.25, -0.2) is 18.7 Å². The summed E-state index contributed by atoms with van der Waals surface area (Å²) in [6.45, 7) is 2.84. The normalized spacial score (nSPS) is 13.9. The third-order valence-corrected chi connectivity index (χ3v) is 5.60. The van der Waals surface area contributed by atoms with Crippen LogP contribution < -0.4 is 16.0 Å². The maximum absolute atomic E-state index is 14.8. The fourth-order valence-electron chi connectivity index (χ4n) is 3.92. The molecule has 11 heteroatoms. The number of halogens is 2. The first-order chi connectivity index (χ1) is 16.4. The molecule has 0 bridgehead atoms. The lowest BCUT2D eigenvalue weighted by atomic mass is 10.0. The summed E-state index contributed by atoms with van der Waals surface area (Å²) in [6.07, 6.45) is 3.13. The molecular formula is C23H20F2N6O3. The molecule has 174 valence electrons. The van der Waals surface area contributed by atoms with E-state index in [0.29, 0.717) is 30.1 Å². The number of benzene rings is 1. The molecule has 1 aliphatic heterocycles. The Balaban J connectivity index is 1.53. The van der Waals surface area contributed by atoms with Gasteiger partial charge in [0.05, 0.1) is 52.9 Å². The van der Waals surface area contributed by atoms with Gasteiger partial charge in [-0.3, -0.25) is 4.79 Å². The molecular weight excluding hydrogens is 446 g/mol. The Morgan fingerprint density at radius 1 is 1.18 bits per heavy atom. The number of aromatic hydroxyl groups is 1. The number of aromatic amines is 1. The van der Waals surface area contributed by atoms with Crippen LogP contribution in [0, 0.1) is 11.6 Å². The highest BCUT2D eigenvalue weighted by molar-refractivity contribution is 5.99. The van der Waals surface area contributed by atoms with Crippen LogP contribution in [0.3, 0.4) is 0 Å². The largest absolute Gasteiger partial charge is 0.494 e. The number of pyridine rings is 2. The fraction of sp³-hybridized carbons (Fsp3) is 0.174. The molecule has 4 aromatic rings. The molecule has 34 heavy (non-hydrogen) atoms. The summed E-state index contributed by atoms with van der Waals surface area (Å²) in [4.78, 5) is 24.8. The van der Waals surface area contributed by atoms with E-state index in [1.54, 1.807) is 12.3 Å². The first kappa shape index (κ1) is 21.6. The van der Waals surface area contributed by atoms with Crippen LogP contribution in [0.1, 0.15) is 10.4 Å². The van der Waals surface area contributed by atoms with Gasteiger partial charge >= 0.3 is 0 Å². The summed E-state index contributed by atoms with van der Waals surface area (Å²) >= 11 is 0. The lowest BCUT2D eigenvalue weighted by molar-refractivity contribution is 0.0999. The van der Waals surface area contributed by atoms with Gasteiger partial charge in [-0.1, -0.05) is 0 Å². The molecule has 0 unspecified atom stereocenters. The van der Waals surface area contributed by atoms with Crippen LogP contribution in [-0.4, -0.2) is 52.3 Å². The highest BCUT2D eigenvalue weighted by Crippen LogP contribution is 2.36. The molecule has 5 N–H and O–H groups in total. The number of morpholine rings is 1. The van der Waals surface area contributed by atoms with Crippen LogP contribution in [0.4, 0.5) is 26.0 Å². The number of anilines is 3. The average molecular weight is 466 g/mol. The van der Waals surface area contributed by atoms with E-state index in [4.69, 9.17) is 10.5 Å². The van der Waals surface area contributed by atoms with E-state index in [9.17, 15) is 18.7 Å². The first-order valence-corrected chi connectivity index (χ1v) is 10.5. The Morgan fingerprint density at radius 2 is 1.91 bits per heavy atom. The van der Waals surface area contributed by atoms with Crippen molar-refractivity contribution in [1.82, 2.24) is 15.0 Å². The van der Waals surface area contributed by atoms with Gasteiger partial charge in [-0.15, -0.1) is 0 Å². The zero-order valence-electron chi connectivity index (χ0n) is 17.8. The number of amides is 1. The van der Waals surface area contributed by atoms with Crippen molar-refractivity contribution in [2.45, 2.75) is 0 Å². The summed E-state index contributed by atoms with van der Waals surface area (Å²) in [5, 5.41) is 13.7. The van der Waals surface area contributed by atoms with Gasteiger partial charge in [0.1, 0.15) is 17.5 Å². The number of nitrogens with zero attached hydrogens (tertiary/aromatic N) is 3. The van der Waals surface area contributed by atoms with E-state index in [1.807, 2.05) is 6.07 Å². The lowest BCUT2D eigenvalue weighted by Gasteiger charge is -2.28. The zero-order chi connectivity index (χ0) is 23.8. The van der Waals surface area contributed by atoms with Crippen molar-refractivity contribution in [1.29, 1.82) is 0 Å². The number of hydrogen-bond donors (Lipinski definition) is 4. The Hall–Kier alpha value is -4.25. The highest BCUT2D eigenvalue weighted by atomic mass is 19.1. The van der Waals surface area contributed by atoms with Gasteiger partial charge in [-0.2, -0.15) is 0 Å². The third-order valence-electron chi connectivity index (χ3n) is 5.60. The summed E-state index contributed by atoms with van der Waals surface area (Å²) < 4.78 is 34.9. The van der Waals surface area contributed by atoms with Crippen molar-refractivity contribution in [2.75, 3.05) is 36.5 Å². The van der Waals surface area contributed by atoms with E-state index in [-0.39, 0.29) is 22.7 Å². The third kappa shape index (κ3) is 3.97. The van der Waals surface area contributed by atoms with Crippen LogP contribution in [0.15, 0.2) is 42.7 Å². The Labute approximate surface area is 192 Å². The molecule has 1 aliphatic rings. The smallest absolute Gasteiger partial charge is 0.248 e. The zero-order valence-corrected chi connectivity index (χ0v) is 17.8. The number of H-pyrrole nitrogens is 1. The maximum atomic E-state index is 14.8. The number of primary amides is 1.